The standard InChI is InChI=1S/C16H21N3O3/c1-5-19-13-7-6-11(15(21)18(4)9-10(2)3)8-12(13)17-14(20)16(19)22/h6-8,10H,5,9H2,1-4H3,(H,17,20). The second kappa shape index (κ2) is 6.17. The molecule has 0 saturated carbocycles. The van der Waals surface area contributed by atoms with E-state index in [4.69, 9.17) is 0 Å². The van der Waals surface area contributed by atoms with Crippen LogP contribution in [0.15, 0.2) is 27.8 Å². The molecule has 1 aromatic carbocycles. The topological polar surface area (TPSA) is 75.2 Å². The number of aryl methyl sites for hydroxylation is 1. The number of carbonyl (C=O) groups is 1. The molecular weight excluding hydrogens is 282 g/mol. The van der Waals surface area contributed by atoms with Crippen molar-refractivity contribution in [2.75, 3.05) is 13.6 Å². The van der Waals surface area contributed by atoms with Crippen molar-refractivity contribution < 1.29 is 4.79 Å². The first kappa shape index (κ1) is 16.0. The van der Waals surface area contributed by atoms with Gasteiger partial charge in [0.15, 0.2) is 0 Å². The van der Waals surface area contributed by atoms with Crippen LogP contribution in [0, 0.1) is 5.92 Å². The van der Waals surface area contributed by atoms with E-state index in [2.05, 4.69) is 4.98 Å². The van der Waals surface area contributed by atoms with Crippen molar-refractivity contribution in [3.8, 4) is 0 Å². The molecule has 0 aliphatic heterocycles. The second-order valence-electron chi connectivity index (χ2n) is 5.81. The number of aromatic amines is 1. The number of benzene rings is 1. The maximum atomic E-state index is 12.4. The van der Waals surface area contributed by atoms with Gasteiger partial charge in [-0.3, -0.25) is 14.4 Å². The Morgan fingerprint density at radius 3 is 2.59 bits per heavy atom. The summed E-state index contributed by atoms with van der Waals surface area (Å²) in [4.78, 5) is 40.1. The number of nitrogens with one attached hydrogen (secondary N) is 1. The molecule has 2 aromatic rings. The molecule has 0 saturated heterocycles. The summed E-state index contributed by atoms with van der Waals surface area (Å²) in [5.41, 5.74) is 0.360. The number of aromatic nitrogens is 2. The van der Waals surface area contributed by atoms with Crippen LogP contribution in [0.25, 0.3) is 11.0 Å². The molecule has 2 rings (SSSR count). The highest BCUT2D eigenvalue weighted by atomic mass is 16.2. The highest BCUT2D eigenvalue weighted by molar-refractivity contribution is 5.97. The van der Waals surface area contributed by atoms with Gasteiger partial charge < -0.3 is 14.5 Å². The fourth-order valence-electron chi connectivity index (χ4n) is 2.58. The zero-order chi connectivity index (χ0) is 16.4. The van der Waals surface area contributed by atoms with E-state index in [0.717, 1.165) is 0 Å². The largest absolute Gasteiger partial charge is 0.341 e. The predicted octanol–water partition coefficient (Wildman–Crippen LogP) is 1.44. The first-order valence-electron chi connectivity index (χ1n) is 7.37. The molecule has 1 heterocycles. The smallest absolute Gasteiger partial charge is 0.316 e. The molecule has 0 radical (unpaired) electrons. The number of hydrogen-bond acceptors (Lipinski definition) is 3. The number of H-pyrrole nitrogens is 1. The number of carbonyl (C=O) groups excluding carboxylic acids is 1. The van der Waals surface area contributed by atoms with Crippen LogP contribution >= 0.6 is 0 Å². The van der Waals surface area contributed by atoms with Crippen molar-refractivity contribution >= 4 is 16.9 Å². The van der Waals surface area contributed by atoms with Gasteiger partial charge in [-0.2, -0.15) is 0 Å². The molecule has 0 fully saturated rings. The summed E-state index contributed by atoms with van der Waals surface area (Å²) in [6, 6.07) is 5.01. The summed E-state index contributed by atoms with van der Waals surface area (Å²) >= 11 is 0. The lowest BCUT2D eigenvalue weighted by Crippen LogP contribution is -2.36. The number of hydrogen-bond donors (Lipinski definition) is 1. The predicted molar refractivity (Wildman–Crippen MR) is 86.3 cm³/mol. The third kappa shape index (κ3) is 2.95. The van der Waals surface area contributed by atoms with E-state index in [9.17, 15) is 14.4 Å². The normalized spacial score (nSPS) is 11.1. The highest BCUT2D eigenvalue weighted by Gasteiger charge is 2.14. The minimum absolute atomic E-state index is 0.106. The van der Waals surface area contributed by atoms with Gasteiger partial charge in [-0.1, -0.05) is 13.8 Å². The average Bonchev–Trinajstić information content (AvgIpc) is 2.46. The van der Waals surface area contributed by atoms with Crippen LogP contribution in [0.2, 0.25) is 0 Å². The lowest BCUT2D eigenvalue weighted by Gasteiger charge is -2.19. The zero-order valence-electron chi connectivity index (χ0n) is 13.3. The Balaban J connectivity index is 2.52. The Labute approximate surface area is 128 Å². The lowest BCUT2D eigenvalue weighted by molar-refractivity contribution is 0.0779. The Bertz CT molecular complexity index is 817. The minimum atomic E-state index is -0.672. The van der Waals surface area contributed by atoms with Gasteiger partial charge in [-0.15, -0.1) is 0 Å². The van der Waals surface area contributed by atoms with Gasteiger partial charge in [-0.25, -0.2) is 0 Å². The second-order valence-corrected chi connectivity index (χ2v) is 5.81. The maximum Gasteiger partial charge on any atom is 0.316 e. The molecule has 1 amide bonds. The molecule has 0 aliphatic rings. The van der Waals surface area contributed by atoms with E-state index >= 15 is 0 Å². The van der Waals surface area contributed by atoms with Crippen LogP contribution in [0.5, 0.6) is 0 Å². The molecule has 1 N–H and O–H groups in total. The van der Waals surface area contributed by atoms with E-state index in [1.54, 1.807) is 37.1 Å². The fraction of sp³-hybridized carbons (Fsp3) is 0.438. The van der Waals surface area contributed by atoms with Crippen molar-refractivity contribution in [3.05, 3.63) is 44.5 Å². The quantitative estimate of drug-likeness (QED) is 0.868. The molecule has 6 heteroatoms. The Morgan fingerprint density at radius 1 is 1.32 bits per heavy atom. The Hall–Kier alpha value is -2.37. The summed E-state index contributed by atoms with van der Waals surface area (Å²) in [6.45, 7) is 6.95. The van der Waals surface area contributed by atoms with Crippen molar-refractivity contribution in [1.82, 2.24) is 14.5 Å². The average molecular weight is 303 g/mol. The van der Waals surface area contributed by atoms with Crippen LogP contribution in [0.4, 0.5) is 0 Å². The molecule has 6 nitrogen and oxygen atoms in total. The van der Waals surface area contributed by atoms with Gasteiger partial charge >= 0.3 is 11.1 Å². The summed E-state index contributed by atoms with van der Waals surface area (Å²) < 4.78 is 1.40. The summed E-state index contributed by atoms with van der Waals surface area (Å²) in [5.74, 6) is 0.269. The van der Waals surface area contributed by atoms with Crippen molar-refractivity contribution in [2.45, 2.75) is 27.3 Å². The summed E-state index contributed by atoms with van der Waals surface area (Å²) in [5, 5.41) is 0. The third-order valence-corrected chi connectivity index (χ3v) is 3.52. The van der Waals surface area contributed by atoms with Gasteiger partial charge in [-0.05, 0) is 31.0 Å². The monoisotopic (exact) mass is 303 g/mol. The summed E-state index contributed by atoms with van der Waals surface area (Å²) in [6.07, 6.45) is 0. The first-order chi connectivity index (χ1) is 10.3. The molecule has 0 spiro atoms. The molecule has 0 unspecified atom stereocenters. The molecule has 0 bridgehead atoms. The number of fused-ring (bicyclic) bond motifs is 1. The van der Waals surface area contributed by atoms with Crippen LogP contribution in [0.3, 0.4) is 0 Å². The van der Waals surface area contributed by atoms with Crippen molar-refractivity contribution in [3.63, 3.8) is 0 Å². The van der Waals surface area contributed by atoms with Crippen LogP contribution in [-0.4, -0.2) is 34.0 Å². The van der Waals surface area contributed by atoms with E-state index in [1.807, 2.05) is 13.8 Å². The van der Waals surface area contributed by atoms with Crippen LogP contribution < -0.4 is 11.1 Å². The molecular formula is C16H21N3O3. The van der Waals surface area contributed by atoms with Crippen molar-refractivity contribution in [1.29, 1.82) is 0 Å². The van der Waals surface area contributed by atoms with E-state index in [-0.39, 0.29) is 5.91 Å². The highest BCUT2D eigenvalue weighted by Crippen LogP contribution is 2.13. The molecule has 0 atom stereocenters. The van der Waals surface area contributed by atoms with Crippen LogP contribution in [0.1, 0.15) is 31.1 Å². The zero-order valence-corrected chi connectivity index (χ0v) is 13.3. The van der Waals surface area contributed by atoms with Gasteiger partial charge in [0, 0.05) is 25.7 Å². The SMILES string of the molecule is CCn1c(=O)c(=O)[nH]c2cc(C(=O)N(C)CC(C)C)ccc21. The molecule has 118 valence electrons. The first-order valence-corrected chi connectivity index (χ1v) is 7.37. The number of amides is 1. The lowest BCUT2D eigenvalue weighted by atomic mass is 10.1. The van der Waals surface area contributed by atoms with E-state index in [1.165, 1.54) is 4.57 Å². The molecule has 0 aliphatic carbocycles. The van der Waals surface area contributed by atoms with Gasteiger partial charge in [0.1, 0.15) is 0 Å². The molecule has 22 heavy (non-hydrogen) atoms. The van der Waals surface area contributed by atoms with Crippen molar-refractivity contribution in [2.24, 2.45) is 5.92 Å². The minimum Gasteiger partial charge on any atom is -0.341 e. The molecule has 1 aromatic heterocycles. The fourth-order valence-corrected chi connectivity index (χ4v) is 2.58. The number of nitrogens with zero attached hydrogens (tertiary/aromatic N) is 2. The Kier molecular flexibility index (Phi) is 4.49. The third-order valence-electron chi connectivity index (χ3n) is 3.52. The van der Waals surface area contributed by atoms with Gasteiger partial charge in [0.05, 0.1) is 11.0 Å². The van der Waals surface area contributed by atoms with Gasteiger partial charge in [0.25, 0.3) is 5.91 Å². The van der Waals surface area contributed by atoms with Gasteiger partial charge in [0.2, 0.25) is 0 Å². The van der Waals surface area contributed by atoms with Crippen LogP contribution in [-0.2, 0) is 6.54 Å². The van der Waals surface area contributed by atoms with E-state index < -0.39 is 11.1 Å². The summed E-state index contributed by atoms with van der Waals surface area (Å²) in [7, 11) is 1.75. The Morgan fingerprint density at radius 2 is 2.00 bits per heavy atom. The maximum absolute atomic E-state index is 12.4. The number of rotatable bonds is 4. The van der Waals surface area contributed by atoms with E-state index in [0.29, 0.717) is 35.6 Å².